The number of ether oxygens (including phenoxy) is 1. The highest BCUT2D eigenvalue weighted by molar-refractivity contribution is 5.48. The van der Waals surface area contributed by atoms with Gasteiger partial charge >= 0.3 is 0 Å². The first-order chi connectivity index (χ1) is 8.65. The minimum Gasteiger partial charge on any atom is -0.494 e. The van der Waals surface area contributed by atoms with E-state index >= 15 is 0 Å². The van der Waals surface area contributed by atoms with Crippen LogP contribution in [0.5, 0.6) is 5.75 Å². The van der Waals surface area contributed by atoms with Gasteiger partial charge in [0.15, 0.2) is 5.82 Å². The second kappa shape index (κ2) is 5.14. The Morgan fingerprint density at radius 2 is 2.17 bits per heavy atom. The van der Waals surface area contributed by atoms with Crippen LogP contribution in [0.4, 0.5) is 0 Å². The molecule has 2 rings (SSSR count). The highest BCUT2D eigenvalue weighted by Gasteiger charge is 2.11. The molecule has 0 aliphatic rings. The van der Waals surface area contributed by atoms with Crippen molar-refractivity contribution in [3.05, 3.63) is 29.6 Å². The van der Waals surface area contributed by atoms with E-state index in [1.54, 1.807) is 7.11 Å². The Bertz CT molecular complexity index is 535. The van der Waals surface area contributed by atoms with E-state index in [-0.39, 0.29) is 6.54 Å². The molecule has 0 atom stereocenters. The van der Waals surface area contributed by atoms with Gasteiger partial charge in [-0.1, -0.05) is 19.9 Å². The van der Waals surface area contributed by atoms with Crippen LogP contribution in [0.1, 0.15) is 31.2 Å². The van der Waals surface area contributed by atoms with Gasteiger partial charge < -0.3 is 10.5 Å². The van der Waals surface area contributed by atoms with E-state index in [2.05, 4.69) is 29.3 Å². The highest BCUT2D eigenvalue weighted by atomic mass is 16.5. The summed E-state index contributed by atoms with van der Waals surface area (Å²) in [5.74, 6) is 1.64. The zero-order chi connectivity index (χ0) is 13.1. The fraction of sp³-hybridized carbons (Fsp3) is 0.417. The van der Waals surface area contributed by atoms with Gasteiger partial charge in [-0.2, -0.15) is 0 Å². The van der Waals surface area contributed by atoms with E-state index in [0.29, 0.717) is 17.5 Å². The van der Waals surface area contributed by atoms with Crippen molar-refractivity contribution in [1.29, 1.82) is 0 Å². The maximum atomic E-state index is 5.48. The van der Waals surface area contributed by atoms with Crippen LogP contribution < -0.4 is 10.5 Å². The van der Waals surface area contributed by atoms with Gasteiger partial charge in [0.05, 0.1) is 13.7 Å². The average molecular weight is 247 g/mol. The van der Waals surface area contributed by atoms with Crippen molar-refractivity contribution < 1.29 is 4.74 Å². The monoisotopic (exact) mass is 247 g/mol. The van der Waals surface area contributed by atoms with E-state index in [1.165, 1.54) is 10.4 Å². The molecule has 96 valence electrons. The molecule has 0 unspecified atom stereocenters. The fourth-order valence-corrected chi connectivity index (χ4v) is 1.65. The standard InChI is InChI=1S/C12H17N5O/c1-8(2)9-4-5-11(18-3)10(6-9)17-15-12(7-13)14-16-17/h4-6,8H,7,13H2,1-3H3. The second-order valence-electron chi connectivity index (χ2n) is 4.29. The van der Waals surface area contributed by atoms with Gasteiger partial charge in [0.25, 0.3) is 0 Å². The lowest BCUT2D eigenvalue weighted by molar-refractivity contribution is 0.409. The quantitative estimate of drug-likeness (QED) is 0.879. The largest absolute Gasteiger partial charge is 0.494 e. The van der Waals surface area contributed by atoms with Gasteiger partial charge in [-0.15, -0.1) is 15.0 Å². The van der Waals surface area contributed by atoms with Gasteiger partial charge in [0.2, 0.25) is 0 Å². The molecule has 0 saturated carbocycles. The molecular formula is C12H17N5O. The van der Waals surface area contributed by atoms with Crippen LogP contribution in [-0.2, 0) is 6.54 Å². The Hall–Kier alpha value is -1.95. The molecule has 0 amide bonds. The third-order valence-corrected chi connectivity index (χ3v) is 2.72. The van der Waals surface area contributed by atoms with Gasteiger partial charge in [0.1, 0.15) is 11.4 Å². The lowest BCUT2D eigenvalue weighted by atomic mass is 10.0. The third kappa shape index (κ3) is 2.33. The Kier molecular flexibility index (Phi) is 3.57. The summed E-state index contributed by atoms with van der Waals surface area (Å²) in [4.78, 5) is 1.45. The summed E-state index contributed by atoms with van der Waals surface area (Å²) in [6, 6.07) is 5.95. The molecular weight excluding hydrogens is 230 g/mol. The molecule has 6 heteroatoms. The predicted octanol–water partition coefficient (Wildman–Crippen LogP) is 1.25. The average Bonchev–Trinajstić information content (AvgIpc) is 2.86. The molecule has 2 aromatic rings. The minimum atomic E-state index is 0.270. The zero-order valence-corrected chi connectivity index (χ0v) is 10.8. The van der Waals surface area contributed by atoms with Crippen molar-refractivity contribution >= 4 is 0 Å². The number of rotatable bonds is 4. The maximum absolute atomic E-state index is 5.48. The molecule has 2 N–H and O–H groups in total. The molecule has 0 bridgehead atoms. The van der Waals surface area contributed by atoms with Crippen molar-refractivity contribution in [3.63, 3.8) is 0 Å². The number of benzene rings is 1. The smallest absolute Gasteiger partial charge is 0.188 e. The van der Waals surface area contributed by atoms with Gasteiger partial charge in [0, 0.05) is 0 Å². The van der Waals surface area contributed by atoms with E-state index < -0.39 is 0 Å². The summed E-state index contributed by atoms with van der Waals surface area (Å²) >= 11 is 0. The number of nitrogens with two attached hydrogens (primary N) is 1. The first-order valence-electron chi connectivity index (χ1n) is 5.83. The fourth-order valence-electron chi connectivity index (χ4n) is 1.65. The molecule has 1 aromatic heterocycles. The topological polar surface area (TPSA) is 78.8 Å². The molecule has 0 fully saturated rings. The molecule has 1 aromatic carbocycles. The van der Waals surface area contributed by atoms with E-state index in [4.69, 9.17) is 10.5 Å². The van der Waals surface area contributed by atoms with Crippen molar-refractivity contribution in [2.24, 2.45) is 5.73 Å². The van der Waals surface area contributed by atoms with Gasteiger partial charge in [-0.3, -0.25) is 0 Å². The SMILES string of the molecule is COc1ccc(C(C)C)cc1-n1nnc(CN)n1. The molecule has 0 spiro atoms. The number of nitrogens with zero attached hydrogens (tertiary/aromatic N) is 4. The number of tetrazole rings is 1. The van der Waals surface area contributed by atoms with Crippen LogP contribution in [0.3, 0.4) is 0 Å². The first kappa shape index (κ1) is 12.5. The van der Waals surface area contributed by atoms with Crippen molar-refractivity contribution in [2.45, 2.75) is 26.3 Å². The number of hydrogen-bond donors (Lipinski definition) is 1. The van der Waals surface area contributed by atoms with Crippen LogP contribution in [0.2, 0.25) is 0 Å². The maximum Gasteiger partial charge on any atom is 0.188 e. The highest BCUT2D eigenvalue weighted by Crippen LogP contribution is 2.26. The Labute approximate surface area is 106 Å². The zero-order valence-electron chi connectivity index (χ0n) is 10.8. The second-order valence-corrected chi connectivity index (χ2v) is 4.29. The molecule has 18 heavy (non-hydrogen) atoms. The Morgan fingerprint density at radius 3 is 2.72 bits per heavy atom. The molecule has 0 saturated heterocycles. The lowest BCUT2D eigenvalue weighted by Gasteiger charge is -2.11. The summed E-state index contributed by atoms with van der Waals surface area (Å²) in [7, 11) is 1.62. The van der Waals surface area contributed by atoms with Crippen LogP contribution in [0.15, 0.2) is 18.2 Å². The van der Waals surface area contributed by atoms with Crippen molar-refractivity contribution in [2.75, 3.05) is 7.11 Å². The van der Waals surface area contributed by atoms with Crippen LogP contribution >= 0.6 is 0 Å². The summed E-state index contributed by atoms with van der Waals surface area (Å²) < 4.78 is 5.32. The van der Waals surface area contributed by atoms with Crippen molar-refractivity contribution in [1.82, 2.24) is 20.2 Å². The summed E-state index contributed by atoms with van der Waals surface area (Å²) in [5.41, 5.74) is 7.45. The first-order valence-corrected chi connectivity index (χ1v) is 5.83. The van der Waals surface area contributed by atoms with Crippen LogP contribution in [-0.4, -0.2) is 27.3 Å². The summed E-state index contributed by atoms with van der Waals surface area (Å²) in [6.07, 6.45) is 0. The van der Waals surface area contributed by atoms with Gasteiger partial charge in [-0.25, -0.2) is 0 Å². The molecule has 1 heterocycles. The molecule has 0 aliphatic carbocycles. The summed E-state index contributed by atoms with van der Waals surface area (Å²) in [5, 5.41) is 12.0. The van der Waals surface area contributed by atoms with Gasteiger partial charge in [-0.05, 0) is 28.8 Å². The minimum absolute atomic E-state index is 0.270. The van der Waals surface area contributed by atoms with Crippen LogP contribution in [0.25, 0.3) is 5.69 Å². The molecule has 6 nitrogen and oxygen atoms in total. The predicted molar refractivity (Wildman–Crippen MR) is 67.7 cm³/mol. The summed E-state index contributed by atoms with van der Waals surface area (Å²) in [6.45, 7) is 4.53. The number of methoxy groups -OCH3 is 1. The third-order valence-electron chi connectivity index (χ3n) is 2.72. The lowest BCUT2D eigenvalue weighted by Crippen LogP contribution is -2.05. The molecule has 0 radical (unpaired) electrons. The van der Waals surface area contributed by atoms with Crippen molar-refractivity contribution in [3.8, 4) is 11.4 Å². The van der Waals surface area contributed by atoms with E-state index in [9.17, 15) is 0 Å². The normalized spacial score (nSPS) is 10.9. The molecule has 0 aliphatic heterocycles. The Balaban J connectivity index is 2.49. The number of hydrogen-bond acceptors (Lipinski definition) is 5. The van der Waals surface area contributed by atoms with Crippen LogP contribution in [0, 0.1) is 0 Å². The Morgan fingerprint density at radius 1 is 1.39 bits per heavy atom. The van der Waals surface area contributed by atoms with E-state index in [1.807, 2.05) is 18.2 Å². The number of aromatic nitrogens is 4. The van der Waals surface area contributed by atoms with E-state index in [0.717, 1.165) is 5.69 Å².